The summed E-state index contributed by atoms with van der Waals surface area (Å²) in [4.78, 5) is 1.85. The van der Waals surface area contributed by atoms with Crippen molar-refractivity contribution in [2.24, 2.45) is 7.05 Å². The third-order valence-corrected chi connectivity index (χ3v) is 3.36. The van der Waals surface area contributed by atoms with E-state index in [4.69, 9.17) is 4.74 Å². The van der Waals surface area contributed by atoms with Gasteiger partial charge in [0.2, 0.25) is 0 Å². The number of hydrogen-bond donors (Lipinski definition) is 1. The summed E-state index contributed by atoms with van der Waals surface area (Å²) in [7, 11) is 3.62. The van der Waals surface area contributed by atoms with Crippen LogP contribution in [0.2, 0.25) is 0 Å². The van der Waals surface area contributed by atoms with Gasteiger partial charge in [-0.1, -0.05) is 12.1 Å². The quantitative estimate of drug-likeness (QED) is 0.838. The number of benzene rings is 1. The van der Waals surface area contributed by atoms with Crippen LogP contribution in [0.5, 0.6) is 5.75 Å². The van der Waals surface area contributed by atoms with Crippen molar-refractivity contribution in [3.63, 3.8) is 0 Å². The van der Waals surface area contributed by atoms with Crippen molar-refractivity contribution in [3.8, 4) is 5.75 Å². The highest BCUT2D eigenvalue weighted by molar-refractivity contribution is 5.35. The molecule has 2 aromatic rings. The SMILES string of the molecule is CN(Cc1cnn(C)c1)CC(O)COc1ccccc1C(F)(F)F. The molecule has 0 aliphatic rings. The Morgan fingerprint density at radius 1 is 1.33 bits per heavy atom. The van der Waals surface area contributed by atoms with Gasteiger partial charge in [-0.2, -0.15) is 18.3 Å². The van der Waals surface area contributed by atoms with Gasteiger partial charge in [-0.3, -0.25) is 9.58 Å². The lowest BCUT2D eigenvalue weighted by Crippen LogP contribution is -2.33. The summed E-state index contributed by atoms with van der Waals surface area (Å²) in [5.41, 5.74) is 0.136. The minimum absolute atomic E-state index is 0.218. The minimum atomic E-state index is -4.49. The van der Waals surface area contributed by atoms with Crippen molar-refractivity contribution in [1.82, 2.24) is 14.7 Å². The van der Waals surface area contributed by atoms with Gasteiger partial charge >= 0.3 is 6.18 Å². The number of aliphatic hydroxyl groups is 1. The van der Waals surface area contributed by atoms with Crippen molar-refractivity contribution in [2.45, 2.75) is 18.8 Å². The van der Waals surface area contributed by atoms with Crippen LogP contribution in [0, 0.1) is 0 Å². The zero-order chi connectivity index (χ0) is 17.7. The van der Waals surface area contributed by atoms with Crippen LogP contribution >= 0.6 is 0 Å². The molecular formula is C16H20F3N3O2. The Balaban J connectivity index is 1.86. The third kappa shape index (κ3) is 5.24. The van der Waals surface area contributed by atoms with Crippen LogP contribution < -0.4 is 4.74 Å². The summed E-state index contributed by atoms with van der Waals surface area (Å²) in [5.74, 6) is -0.279. The highest BCUT2D eigenvalue weighted by Gasteiger charge is 2.34. The van der Waals surface area contributed by atoms with Crippen LogP contribution in [-0.4, -0.2) is 46.1 Å². The second kappa shape index (κ2) is 7.67. The lowest BCUT2D eigenvalue weighted by molar-refractivity contribution is -0.139. The van der Waals surface area contributed by atoms with Gasteiger partial charge in [0.05, 0.1) is 11.8 Å². The Hall–Kier alpha value is -2.06. The number of hydrogen-bond acceptors (Lipinski definition) is 4. The van der Waals surface area contributed by atoms with Crippen LogP contribution in [0.3, 0.4) is 0 Å². The van der Waals surface area contributed by atoms with E-state index in [0.29, 0.717) is 6.54 Å². The molecule has 0 bridgehead atoms. The molecule has 1 unspecified atom stereocenters. The Labute approximate surface area is 138 Å². The van der Waals surface area contributed by atoms with Crippen molar-refractivity contribution in [2.75, 3.05) is 20.2 Å². The first-order valence-corrected chi connectivity index (χ1v) is 7.39. The highest BCUT2D eigenvalue weighted by Crippen LogP contribution is 2.35. The number of nitrogens with zero attached hydrogens (tertiary/aromatic N) is 3. The number of ether oxygens (including phenoxy) is 1. The van der Waals surface area contributed by atoms with E-state index in [1.54, 1.807) is 17.9 Å². The summed E-state index contributed by atoms with van der Waals surface area (Å²) in [6.45, 7) is 0.623. The molecule has 5 nitrogen and oxygen atoms in total. The Morgan fingerprint density at radius 3 is 2.67 bits per heavy atom. The average Bonchev–Trinajstić information content (AvgIpc) is 2.89. The highest BCUT2D eigenvalue weighted by atomic mass is 19.4. The number of halogens is 3. The molecule has 132 valence electrons. The van der Waals surface area contributed by atoms with E-state index in [0.717, 1.165) is 11.6 Å². The van der Waals surface area contributed by atoms with Crippen molar-refractivity contribution in [1.29, 1.82) is 0 Å². The van der Waals surface area contributed by atoms with E-state index in [1.165, 1.54) is 18.2 Å². The third-order valence-electron chi connectivity index (χ3n) is 3.36. The molecule has 0 saturated heterocycles. The largest absolute Gasteiger partial charge is 0.490 e. The monoisotopic (exact) mass is 343 g/mol. The summed E-state index contributed by atoms with van der Waals surface area (Å²) < 4.78 is 45.5. The second-order valence-electron chi connectivity index (χ2n) is 5.68. The molecule has 1 atom stereocenters. The number of likely N-dealkylation sites (N-methyl/N-ethyl adjacent to an activating group) is 1. The van der Waals surface area contributed by atoms with Gasteiger partial charge in [0.15, 0.2) is 0 Å². The fraction of sp³-hybridized carbons (Fsp3) is 0.438. The van der Waals surface area contributed by atoms with Crippen molar-refractivity contribution >= 4 is 0 Å². The maximum absolute atomic E-state index is 12.9. The molecule has 0 aliphatic carbocycles. The predicted octanol–water partition coefficient (Wildman–Crippen LogP) is 2.31. The first-order chi connectivity index (χ1) is 11.3. The lowest BCUT2D eigenvalue weighted by atomic mass is 10.2. The van der Waals surface area contributed by atoms with Crippen LogP contribution in [0.4, 0.5) is 13.2 Å². The molecule has 0 radical (unpaired) electrons. The number of para-hydroxylation sites is 1. The summed E-state index contributed by atoms with van der Waals surface area (Å²) in [5, 5.41) is 14.0. The summed E-state index contributed by atoms with van der Waals surface area (Å²) in [6, 6.07) is 4.96. The Bertz CT molecular complexity index is 658. The lowest BCUT2D eigenvalue weighted by Gasteiger charge is -2.21. The molecule has 0 spiro atoms. The first kappa shape index (κ1) is 18.3. The first-order valence-electron chi connectivity index (χ1n) is 7.39. The summed E-state index contributed by atoms with van der Waals surface area (Å²) in [6.07, 6.45) is -1.82. The zero-order valence-corrected chi connectivity index (χ0v) is 13.5. The maximum Gasteiger partial charge on any atom is 0.419 e. The summed E-state index contributed by atoms with van der Waals surface area (Å²) >= 11 is 0. The van der Waals surface area contributed by atoms with Gasteiger partial charge in [-0.05, 0) is 19.2 Å². The second-order valence-corrected chi connectivity index (χ2v) is 5.68. The van der Waals surface area contributed by atoms with Gasteiger partial charge in [0, 0.05) is 31.9 Å². The average molecular weight is 343 g/mol. The Kier molecular flexibility index (Phi) is 5.84. The number of alkyl halides is 3. The van der Waals surface area contributed by atoms with Gasteiger partial charge in [0.1, 0.15) is 18.5 Å². The molecular weight excluding hydrogens is 323 g/mol. The van der Waals surface area contributed by atoms with Gasteiger partial charge < -0.3 is 9.84 Å². The number of aromatic nitrogens is 2. The normalized spacial score (nSPS) is 13.3. The maximum atomic E-state index is 12.9. The van der Waals surface area contributed by atoms with Crippen LogP contribution in [-0.2, 0) is 19.8 Å². The van der Waals surface area contributed by atoms with Crippen LogP contribution in [0.1, 0.15) is 11.1 Å². The van der Waals surface area contributed by atoms with E-state index >= 15 is 0 Å². The van der Waals surface area contributed by atoms with E-state index < -0.39 is 17.8 Å². The predicted molar refractivity (Wildman–Crippen MR) is 82.5 cm³/mol. The van der Waals surface area contributed by atoms with Gasteiger partial charge in [-0.15, -0.1) is 0 Å². The Morgan fingerprint density at radius 2 is 2.04 bits per heavy atom. The molecule has 1 aromatic carbocycles. The molecule has 24 heavy (non-hydrogen) atoms. The molecule has 0 saturated carbocycles. The molecule has 0 amide bonds. The van der Waals surface area contributed by atoms with Crippen molar-refractivity contribution in [3.05, 3.63) is 47.8 Å². The molecule has 1 aromatic heterocycles. The fourth-order valence-electron chi connectivity index (χ4n) is 2.35. The van der Waals surface area contributed by atoms with Crippen molar-refractivity contribution < 1.29 is 23.0 Å². The number of aliphatic hydroxyl groups excluding tert-OH is 1. The van der Waals surface area contributed by atoms with Crippen LogP contribution in [0.25, 0.3) is 0 Å². The number of rotatable bonds is 7. The number of aryl methyl sites for hydroxylation is 1. The molecule has 8 heteroatoms. The van der Waals surface area contributed by atoms with Gasteiger partial charge in [-0.25, -0.2) is 0 Å². The van der Waals surface area contributed by atoms with Crippen LogP contribution in [0.15, 0.2) is 36.7 Å². The van der Waals surface area contributed by atoms with Gasteiger partial charge in [0.25, 0.3) is 0 Å². The standard InChI is InChI=1S/C16H20F3N3O2/c1-21(8-12-7-20-22(2)9-12)10-13(23)11-24-15-6-4-3-5-14(15)16(17,18)19/h3-7,9,13,23H,8,10-11H2,1-2H3. The molecule has 1 heterocycles. The van der Waals surface area contributed by atoms with E-state index in [1.807, 2.05) is 18.1 Å². The molecule has 0 aliphatic heterocycles. The van der Waals surface area contributed by atoms with E-state index in [-0.39, 0.29) is 18.9 Å². The van der Waals surface area contributed by atoms with E-state index in [2.05, 4.69) is 5.10 Å². The fourth-order valence-corrected chi connectivity index (χ4v) is 2.35. The minimum Gasteiger partial charge on any atom is -0.490 e. The molecule has 2 rings (SSSR count). The zero-order valence-electron chi connectivity index (χ0n) is 13.5. The van der Waals surface area contributed by atoms with E-state index in [9.17, 15) is 18.3 Å². The molecule has 0 fully saturated rings. The molecule has 1 N–H and O–H groups in total. The topological polar surface area (TPSA) is 50.5 Å². The smallest absolute Gasteiger partial charge is 0.419 e.